The van der Waals surface area contributed by atoms with Gasteiger partial charge in [-0.3, -0.25) is 4.79 Å². The second kappa shape index (κ2) is 8.73. The molecule has 3 heterocycles. The summed E-state index contributed by atoms with van der Waals surface area (Å²) in [6.45, 7) is 10.5. The van der Waals surface area contributed by atoms with Crippen molar-refractivity contribution in [3.8, 4) is 5.88 Å². The fraction of sp³-hybridized carbons (Fsp3) is 0.524. The number of aromatic nitrogens is 3. The van der Waals surface area contributed by atoms with Crippen molar-refractivity contribution in [2.75, 3.05) is 32.1 Å². The lowest BCUT2D eigenvalue weighted by Gasteiger charge is -2.21. The lowest BCUT2D eigenvalue weighted by atomic mass is 10.1. The minimum Gasteiger partial charge on any atom is -0.481 e. The van der Waals surface area contributed by atoms with Crippen LogP contribution in [0, 0.1) is 27.7 Å². The third kappa shape index (κ3) is 4.48. The van der Waals surface area contributed by atoms with E-state index in [1.807, 2.05) is 26.8 Å². The molecule has 29 heavy (non-hydrogen) atoms. The van der Waals surface area contributed by atoms with Crippen LogP contribution in [-0.4, -0.2) is 54.1 Å². The monoisotopic (exact) mass is 398 g/mol. The van der Waals surface area contributed by atoms with Gasteiger partial charge in [0.25, 0.3) is 5.91 Å². The van der Waals surface area contributed by atoms with E-state index in [4.69, 9.17) is 4.74 Å². The lowest BCUT2D eigenvalue weighted by molar-refractivity contribution is 0.0952. The van der Waals surface area contributed by atoms with Crippen molar-refractivity contribution in [1.82, 2.24) is 25.6 Å². The molecule has 1 aliphatic heterocycles. The van der Waals surface area contributed by atoms with Gasteiger partial charge in [-0.05, 0) is 45.2 Å². The fourth-order valence-electron chi connectivity index (χ4n) is 3.70. The molecule has 3 rings (SSSR count). The zero-order chi connectivity index (χ0) is 21.1. The van der Waals surface area contributed by atoms with Gasteiger partial charge in [0, 0.05) is 55.7 Å². The molecular weight excluding hydrogens is 368 g/mol. The van der Waals surface area contributed by atoms with Crippen molar-refractivity contribution in [3.05, 3.63) is 40.0 Å². The Bertz CT molecular complexity index is 891. The van der Waals surface area contributed by atoms with Gasteiger partial charge in [0.1, 0.15) is 5.82 Å². The zero-order valence-electron chi connectivity index (χ0n) is 18.1. The summed E-state index contributed by atoms with van der Waals surface area (Å²) in [6.07, 6.45) is 1.01. The molecule has 0 unspecified atom stereocenters. The van der Waals surface area contributed by atoms with Crippen LogP contribution in [0.2, 0.25) is 0 Å². The Morgan fingerprint density at radius 2 is 1.97 bits per heavy atom. The molecule has 1 fully saturated rings. The topological polar surface area (TPSA) is 92.3 Å². The van der Waals surface area contributed by atoms with E-state index < -0.39 is 0 Å². The van der Waals surface area contributed by atoms with Gasteiger partial charge >= 0.3 is 0 Å². The number of methoxy groups -OCH3 is 1. The Morgan fingerprint density at radius 1 is 1.21 bits per heavy atom. The smallest absolute Gasteiger partial charge is 0.288 e. The number of nitrogens with zero attached hydrogens (tertiary/aromatic N) is 4. The number of nitrogens with one attached hydrogen (secondary N) is 2. The second-order valence-electron chi connectivity index (χ2n) is 7.52. The summed E-state index contributed by atoms with van der Waals surface area (Å²) in [7, 11) is 3.23. The molecule has 1 atom stereocenters. The predicted octanol–water partition coefficient (Wildman–Crippen LogP) is 1.84. The van der Waals surface area contributed by atoms with Gasteiger partial charge in [-0.15, -0.1) is 0 Å². The summed E-state index contributed by atoms with van der Waals surface area (Å²) >= 11 is 0. The summed E-state index contributed by atoms with van der Waals surface area (Å²) in [5, 5.41) is 6.26. The predicted molar refractivity (Wildman–Crippen MR) is 113 cm³/mol. The molecule has 0 bridgehead atoms. The van der Waals surface area contributed by atoms with Crippen molar-refractivity contribution in [3.63, 3.8) is 0 Å². The van der Waals surface area contributed by atoms with Crippen LogP contribution in [0.3, 0.4) is 0 Å². The SMILES string of the molecule is CNC(=O)c1nc(C)c(C)c(N2CC[C@@H](NCc3c(C)cc(OC)nc3C)C2)n1. The normalized spacial score (nSPS) is 16.2. The van der Waals surface area contributed by atoms with Crippen LogP contribution in [0.25, 0.3) is 0 Å². The number of carbonyl (C=O) groups is 1. The van der Waals surface area contributed by atoms with E-state index in [0.29, 0.717) is 11.9 Å². The number of aryl methyl sites for hydroxylation is 3. The summed E-state index contributed by atoms with van der Waals surface area (Å²) in [5.41, 5.74) is 5.22. The molecule has 0 spiro atoms. The van der Waals surface area contributed by atoms with E-state index in [0.717, 1.165) is 48.8 Å². The molecule has 2 N–H and O–H groups in total. The first-order valence-corrected chi connectivity index (χ1v) is 9.90. The van der Waals surface area contributed by atoms with Gasteiger partial charge in [0.05, 0.1) is 7.11 Å². The first-order valence-electron chi connectivity index (χ1n) is 9.90. The quantitative estimate of drug-likeness (QED) is 0.767. The summed E-state index contributed by atoms with van der Waals surface area (Å²) < 4.78 is 5.25. The molecule has 8 heteroatoms. The average molecular weight is 399 g/mol. The van der Waals surface area contributed by atoms with Crippen molar-refractivity contribution in [2.45, 2.75) is 46.7 Å². The van der Waals surface area contributed by atoms with Gasteiger partial charge in [0.15, 0.2) is 0 Å². The van der Waals surface area contributed by atoms with Crippen LogP contribution in [-0.2, 0) is 6.54 Å². The standard InChI is InChI=1S/C21H30N6O2/c1-12-9-18(29-6)24-15(4)17(12)10-23-16-7-8-27(11-16)20-13(2)14(3)25-19(26-20)21(28)22-5/h9,16,23H,7-8,10-11H2,1-6H3,(H,22,28)/t16-/m1/s1. The Morgan fingerprint density at radius 3 is 2.62 bits per heavy atom. The third-order valence-electron chi connectivity index (χ3n) is 5.59. The Balaban J connectivity index is 1.70. The molecule has 1 saturated heterocycles. The molecule has 2 aromatic rings. The Kier molecular flexibility index (Phi) is 6.32. The maximum absolute atomic E-state index is 12.0. The number of amides is 1. The number of anilines is 1. The fourth-order valence-corrected chi connectivity index (χ4v) is 3.70. The van der Waals surface area contributed by atoms with E-state index in [2.05, 4.69) is 37.4 Å². The first kappa shape index (κ1) is 21.0. The minimum absolute atomic E-state index is 0.220. The van der Waals surface area contributed by atoms with E-state index >= 15 is 0 Å². The highest BCUT2D eigenvalue weighted by molar-refractivity contribution is 5.90. The van der Waals surface area contributed by atoms with Gasteiger partial charge < -0.3 is 20.3 Å². The lowest BCUT2D eigenvalue weighted by Crippen LogP contribution is -2.33. The number of ether oxygens (including phenoxy) is 1. The highest BCUT2D eigenvalue weighted by Gasteiger charge is 2.26. The highest BCUT2D eigenvalue weighted by atomic mass is 16.5. The molecule has 1 aliphatic rings. The van der Waals surface area contributed by atoms with E-state index in [1.165, 1.54) is 11.1 Å². The summed E-state index contributed by atoms with van der Waals surface area (Å²) in [5.74, 6) is 1.45. The Hall–Kier alpha value is -2.74. The second-order valence-corrected chi connectivity index (χ2v) is 7.52. The van der Waals surface area contributed by atoms with Crippen molar-refractivity contribution in [2.24, 2.45) is 0 Å². The van der Waals surface area contributed by atoms with Crippen LogP contribution in [0.15, 0.2) is 6.07 Å². The molecular formula is C21H30N6O2. The molecule has 0 saturated carbocycles. The van der Waals surface area contributed by atoms with Crippen LogP contribution in [0.4, 0.5) is 5.82 Å². The number of hydrogen-bond acceptors (Lipinski definition) is 7. The number of hydrogen-bond donors (Lipinski definition) is 2. The first-order chi connectivity index (χ1) is 13.8. The summed E-state index contributed by atoms with van der Waals surface area (Å²) in [6, 6.07) is 2.31. The molecule has 1 amide bonds. The van der Waals surface area contributed by atoms with Gasteiger partial charge in [-0.1, -0.05) is 0 Å². The minimum atomic E-state index is -0.263. The van der Waals surface area contributed by atoms with Crippen molar-refractivity contribution < 1.29 is 9.53 Å². The van der Waals surface area contributed by atoms with Crippen LogP contribution >= 0.6 is 0 Å². The van der Waals surface area contributed by atoms with Gasteiger partial charge in [0.2, 0.25) is 11.7 Å². The van der Waals surface area contributed by atoms with E-state index in [-0.39, 0.29) is 11.7 Å². The van der Waals surface area contributed by atoms with Crippen LogP contribution < -0.4 is 20.3 Å². The van der Waals surface area contributed by atoms with Crippen LogP contribution in [0.5, 0.6) is 5.88 Å². The molecule has 0 aliphatic carbocycles. The highest BCUT2D eigenvalue weighted by Crippen LogP contribution is 2.25. The maximum atomic E-state index is 12.0. The molecule has 2 aromatic heterocycles. The Labute approximate surface area is 172 Å². The van der Waals surface area contributed by atoms with Crippen molar-refractivity contribution in [1.29, 1.82) is 0 Å². The number of carbonyl (C=O) groups excluding carboxylic acids is 1. The number of pyridine rings is 1. The zero-order valence-corrected chi connectivity index (χ0v) is 18.1. The maximum Gasteiger partial charge on any atom is 0.288 e. The largest absolute Gasteiger partial charge is 0.481 e. The van der Waals surface area contributed by atoms with E-state index in [9.17, 15) is 4.79 Å². The molecule has 0 radical (unpaired) electrons. The van der Waals surface area contributed by atoms with Gasteiger partial charge in [-0.25, -0.2) is 15.0 Å². The van der Waals surface area contributed by atoms with Crippen LogP contribution in [0.1, 0.15) is 45.1 Å². The van der Waals surface area contributed by atoms with E-state index in [1.54, 1.807) is 14.2 Å². The molecule has 8 nitrogen and oxygen atoms in total. The summed E-state index contributed by atoms with van der Waals surface area (Å²) in [4.78, 5) is 27.6. The molecule has 0 aromatic carbocycles. The van der Waals surface area contributed by atoms with Crippen molar-refractivity contribution >= 4 is 11.7 Å². The molecule has 156 valence electrons. The number of rotatable bonds is 6. The van der Waals surface area contributed by atoms with Gasteiger partial charge in [-0.2, -0.15) is 0 Å². The third-order valence-corrected chi connectivity index (χ3v) is 5.59. The average Bonchev–Trinajstić information content (AvgIpc) is 3.17.